The van der Waals surface area contributed by atoms with Gasteiger partial charge in [-0.2, -0.15) is 0 Å². The molecule has 1 aliphatic heterocycles. The Balaban J connectivity index is 2.32. The first kappa shape index (κ1) is 10.2. The molecule has 1 atom stereocenters. The summed E-state index contributed by atoms with van der Waals surface area (Å²) in [5.74, 6) is -0.261. The number of hydrogen-bond donors (Lipinski definition) is 0. The summed E-state index contributed by atoms with van der Waals surface area (Å²) in [5, 5.41) is 0. The van der Waals surface area contributed by atoms with E-state index in [1.165, 1.54) is 6.07 Å². The molecule has 1 aromatic heterocycles. The van der Waals surface area contributed by atoms with Crippen molar-refractivity contribution in [3.63, 3.8) is 0 Å². The molecule has 0 radical (unpaired) electrons. The summed E-state index contributed by atoms with van der Waals surface area (Å²) in [4.78, 5) is 15.1. The Hall–Kier alpha value is -1.29. The van der Waals surface area contributed by atoms with Gasteiger partial charge in [0.2, 0.25) is 0 Å². The molecule has 4 heteroatoms. The minimum atomic E-state index is -0.718. The summed E-state index contributed by atoms with van der Waals surface area (Å²) in [5.41, 5.74) is -0.0969. The second-order valence-corrected chi connectivity index (χ2v) is 3.94. The Morgan fingerprint density at radius 1 is 1.53 bits per heavy atom. The van der Waals surface area contributed by atoms with E-state index < -0.39 is 11.4 Å². The number of nitrogens with zero attached hydrogens (tertiary/aromatic N) is 1. The molecule has 0 saturated carbocycles. The third-order valence-electron chi connectivity index (χ3n) is 2.65. The fourth-order valence-corrected chi connectivity index (χ4v) is 1.79. The van der Waals surface area contributed by atoms with Gasteiger partial charge in [0.05, 0.1) is 18.4 Å². The van der Waals surface area contributed by atoms with Crippen LogP contribution in [0, 0.1) is 5.82 Å². The largest absolute Gasteiger partial charge is 0.370 e. The first-order valence-electron chi connectivity index (χ1n) is 4.87. The maximum Gasteiger partial charge on any atom is 0.141 e. The molecule has 15 heavy (non-hydrogen) atoms. The van der Waals surface area contributed by atoms with Gasteiger partial charge in [0.25, 0.3) is 0 Å². The third kappa shape index (κ3) is 2.04. The highest BCUT2D eigenvalue weighted by Gasteiger charge is 2.34. The van der Waals surface area contributed by atoms with E-state index in [2.05, 4.69) is 4.98 Å². The Kier molecular flexibility index (Phi) is 2.52. The second kappa shape index (κ2) is 3.70. The molecule has 0 aromatic carbocycles. The van der Waals surface area contributed by atoms with Crippen molar-refractivity contribution in [3.8, 4) is 0 Å². The molecule has 80 valence electrons. The zero-order valence-electron chi connectivity index (χ0n) is 8.50. The van der Waals surface area contributed by atoms with Crippen LogP contribution < -0.4 is 0 Å². The van der Waals surface area contributed by atoms with Crippen molar-refractivity contribution < 1.29 is 13.9 Å². The van der Waals surface area contributed by atoms with E-state index in [9.17, 15) is 9.18 Å². The van der Waals surface area contributed by atoms with Crippen LogP contribution in [0.25, 0.3) is 0 Å². The Morgan fingerprint density at radius 3 is 3.00 bits per heavy atom. The lowest BCUT2D eigenvalue weighted by Crippen LogP contribution is -2.35. The van der Waals surface area contributed by atoms with Crippen molar-refractivity contribution >= 4 is 5.78 Å². The molecule has 1 aromatic rings. The Morgan fingerprint density at radius 2 is 2.33 bits per heavy atom. The van der Waals surface area contributed by atoms with Crippen molar-refractivity contribution in [1.29, 1.82) is 0 Å². The van der Waals surface area contributed by atoms with E-state index >= 15 is 0 Å². The van der Waals surface area contributed by atoms with Crippen LogP contribution in [0.3, 0.4) is 0 Å². The second-order valence-electron chi connectivity index (χ2n) is 3.94. The Labute approximate surface area is 87.3 Å². The van der Waals surface area contributed by atoms with Crippen LogP contribution >= 0.6 is 0 Å². The van der Waals surface area contributed by atoms with Gasteiger partial charge in [0, 0.05) is 24.6 Å². The first-order chi connectivity index (χ1) is 7.10. The lowest BCUT2D eigenvalue weighted by molar-refractivity contribution is -0.139. The quantitative estimate of drug-likeness (QED) is 0.708. The van der Waals surface area contributed by atoms with Crippen LogP contribution in [0.4, 0.5) is 4.39 Å². The van der Waals surface area contributed by atoms with Gasteiger partial charge in [-0.15, -0.1) is 0 Å². The molecular weight excluding hydrogens is 197 g/mol. The van der Waals surface area contributed by atoms with Crippen molar-refractivity contribution in [2.75, 3.05) is 6.61 Å². The van der Waals surface area contributed by atoms with E-state index in [1.807, 2.05) is 0 Å². The summed E-state index contributed by atoms with van der Waals surface area (Å²) in [7, 11) is 0. The zero-order valence-corrected chi connectivity index (χ0v) is 8.50. The normalized spacial score (nSPS) is 26.7. The molecule has 0 amide bonds. The van der Waals surface area contributed by atoms with Crippen LogP contribution in [-0.2, 0) is 15.1 Å². The fourth-order valence-electron chi connectivity index (χ4n) is 1.79. The number of Topliss-reactive ketones (excluding diaryl/α,β-unsaturated/α-hetero) is 1. The smallest absolute Gasteiger partial charge is 0.141 e. The summed E-state index contributed by atoms with van der Waals surface area (Å²) in [6.45, 7) is 2.19. The molecule has 0 aliphatic carbocycles. The van der Waals surface area contributed by atoms with Gasteiger partial charge in [0.15, 0.2) is 0 Å². The maximum atomic E-state index is 13.0. The minimum Gasteiger partial charge on any atom is -0.370 e. The van der Waals surface area contributed by atoms with Gasteiger partial charge >= 0.3 is 0 Å². The molecule has 2 rings (SSSR count). The summed E-state index contributed by atoms with van der Waals surface area (Å²) < 4.78 is 18.5. The van der Waals surface area contributed by atoms with Crippen LogP contribution in [0.1, 0.15) is 25.3 Å². The predicted octanol–water partition coefficient (Wildman–Crippen LogP) is 1.82. The molecule has 1 saturated heterocycles. The minimum absolute atomic E-state index is 0.146. The summed E-state index contributed by atoms with van der Waals surface area (Å²) in [6, 6.07) is 1.37. The molecular formula is C11H12FNO2. The van der Waals surface area contributed by atoms with Crippen LogP contribution in [0.2, 0.25) is 0 Å². The lowest BCUT2D eigenvalue weighted by Gasteiger charge is -2.33. The van der Waals surface area contributed by atoms with Crippen LogP contribution in [0.5, 0.6) is 0 Å². The van der Waals surface area contributed by atoms with E-state index in [1.54, 1.807) is 13.1 Å². The molecule has 1 aliphatic rings. The standard InChI is InChI=1S/C11H12FNO2/c1-11(5-10(14)2-3-15-11)8-4-9(12)7-13-6-8/h4,6-7H,2-3,5H2,1H3. The van der Waals surface area contributed by atoms with E-state index in [0.29, 0.717) is 18.6 Å². The zero-order chi connectivity index (χ0) is 10.9. The van der Waals surface area contributed by atoms with Gasteiger partial charge in [-0.25, -0.2) is 4.39 Å². The SMILES string of the molecule is CC1(c2cncc(F)c2)CC(=O)CCO1. The number of aromatic nitrogens is 1. The predicted molar refractivity (Wildman–Crippen MR) is 51.7 cm³/mol. The molecule has 2 heterocycles. The number of ketones is 1. The molecule has 0 spiro atoms. The van der Waals surface area contributed by atoms with Crippen LogP contribution in [-0.4, -0.2) is 17.4 Å². The maximum absolute atomic E-state index is 13.0. The van der Waals surface area contributed by atoms with E-state index in [0.717, 1.165) is 6.20 Å². The van der Waals surface area contributed by atoms with E-state index in [4.69, 9.17) is 4.74 Å². The molecule has 3 nitrogen and oxygen atoms in total. The number of halogens is 1. The van der Waals surface area contributed by atoms with Crippen molar-refractivity contribution in [2.45, 2.75) is 25.4 Å². The first-order valence-corrected chi connectivity index (χ1v) is 4.87. The van der Waals surface area contributed by atoms with Crippen LogP contribution in [0.15, 0.2) is 18.5 Å². The lowest BCUT2D eigenvalue weighted by atomic mass is 9.89. The molecule has 0 bridgehead atoms. The van der Waals surface area contributed by atoms with Gasteiger partial charge in [0.1, 0.15) is 11.6 Å². The summed E-state index contributed by atoms with van der Waals surface area (Å²) in [6.07, 6.45) is 3.41. The fraction of sp³-hybridized carbons (Fsp3) is 0.455. The molecule has 1 fully saturated rings. The number of pyridine rings is 1. The highest BCUT2D eigenvalue weighted by Crippen LogP contribution is 2.32. The average Bonchev–Trinajstić information content (AvgIpc) is 2.17. The highest BCUT2D eigenvalue weighted by molar-refractivity contribution is 5.80. The number of hydrogen-bond acceptors (Lipinski definition) is 3. The Bertz CT molecular complexity index is 394. The van der Waals surface area contributed by atoms with Gasteiger partial charge in [-0.1, -0.05) is 0 Å². The van der Waals surface area contributed by atoms with Gasteiger partial charge in [-0.3, -0.25) is 9.78 Å². The van der Waals surface area contributed by atoms with Gasteiger partial charge < -0.3 is 4.74 Å². The van der Waals surface area contributed by atoms with Crippen molar-refractivity contribution in [2.24, 2.45) is 0 Å². The average molecular weight is 209 g/mol. The molecule has 1 unspecified atom stereocenters. The number of rotatable bonds is 1. The van der Waals surface area contributed by atoms with Crippen molar-refractivity contribution in [3.05, 3.63) is 29.8 Å². The van der Waals surface area contributed by atoms with Crippen molar-refractivity contribution in [1.82, 2.24) is 4.98 Å². The third-order valence-corrected chi connectivity index (χ3v) is 2.65. The number of ether oxygens (including phenoxy) is 1. The van der Waals surface area contributed by atoms with E-state index in [-0.39, 0.29) is 12.2 Å². The number of carbonyl (C=O) groups is 1. The number of carbonyl (C=O) groups excluding carboxylic acids is 1. The monoisotopic (exact) mass is 209 g/mol. The molecule has 0 N–H and O–H groups in total. The topological polar surface area (TPSA) is 39.2 Å². The van der Waals surface area contributed by atoms with Gasteiger partial charge in [-0.05, 0) is 13.0 Å². The summed E-state index contributed by atoms with van der Waals surface area (Å²) >= 11 is 0. The highest BCUT2D eigenvalue weighted by atomic mass is 19.1.